The first kappa shape index (κ1) is 9.08. The topological polar surface area (TPSA) is 56.4 Å². The van der Waals surface area contributed by atoms with Crippen LogP contribution in [0.15, 0.2) is 24.5 Å². The van der Waals surface area contributed by atoms with Gasteiger partial charge in [0.2, 0.25) is 6.79 Å². The molecule has 16 heavy (non-hydrogen) atoms. The van der Waals surface area contributed by atoms with E-state index in [1.54, 1.807) is 19.5 Å². The number of ether oxygens (including phenoxy) is 3. The van der Waals surface area contributed by atoms with Crippen molar-refractivity contribution in [2.75, 3.05) is 13.9 Å². The van der Waals surface area contributed by atoms with E-state index in [1.165, 1.54) is 0 Å². The Balaban J connectivity index is 2.17. The molecule has 0 atom stereocenters. The first-order valence-electron chi connectivity index (χ1n) is 4.85. The molecule has 0 amide bonds. The molecule has 0 radical (unpaired) electrons. The molecule has 0 fully saturated rings. The minimum absolute atomic E-state index is 0.257. The molecule has 1 N–H and O–H groups in total. The normalized spacial score (nSPS) is 12.8. The lowest BCUT2D eigenvalue weighted by molar-refractivity contribution is 0.174. The van der Waals surface area contributed by atoms with Crippen LogP contribution in [0.1, 0.15) is 0 Å². The van der Waals surface area contributed by atoms with Gasteiger partial charge in [0.1, 0.15) is 5.75 Å². The Morgan fingerprint density at radius 2 is 2.12 bits per heavy atom. The minimum Gasteiger partial charge on any atom is -0.496 e. The fourth-order valence-electron chi connectivity index (χ4n) is 1.72. The first-order chi connectivity index (χ1) is 7.88. The molecule has 2 aromatic rings. The van der Waals surface area contributed by atoms with E-state index in [0.29, 0.717) is 5.75 Å². The quantitative estimate of drug-likeness (QED) is 0.835. The number of nitrogens with one attached hydrogen (secondary N) is 1. The number of benzene rings is 1. The van der Waals surface area contributed by atoms with Crippen LogP contribution in [0.25, 0.3) is 11.1 Å². The summed E-state index contributed by atoms with van der Waals surface area (Å²) in [5.41, 5.74) is 1.88. The average molecular weight is 218 g/mol. The third kappa shape index (κ3) is 1.29. The van der Waals surface area contributed by atoms with Gasteiger partial charge in [-0.1, -0.05) is 0 Å². The Labute approximate surface area is 92.0 Å². The fourth-order valence-corrected chi connectivity index (χ4v) is 1.72. The summed E-state index contributed by atoms with van der Waals surface area (Å²) in [5.74, 6) is 2.19. The summed E-state index contributed by atoms with van der Waals surface area (Å²) in [5, 5.41) is 6.68. The van der Waals surface area contributed by atoms with Crippen molar-refractivity contribution in [2.24, 2.45) is 0 Å². The van der Waals surface area contributed by atoms with Gasteiger partial charge in [-0.3, -0.25) is 5.10 Å². The van der Waals surface area contributed by atoms with Gasteiger partial charge < -0.3 is 14.2 Å². The van der Waals surface area contributed by atoms with Gasteiger partial charge in [-0.05, 0) is 6.07 Å². The molecule has 0 saturated heterocycles. The molecule has 5 nitrogen and oxygen atoms in total. The molecule has 1 aromatic heterocycles. The molecule has 0 aliphatic carbocycles. The van der Waals surface area contributed by atoms with E-state index >= 15 is 0 Å². The van der Waals surface area contributed by atoms with E-state index in [4.69, 9.17) is 14.2 Å². The Bertz CT molecular complexity index is 508. The summed E-state index contributed by atoms with van der Waals surface area (Å²) in [4.78, 5) is 0. The standard InChI is InChI=1S/C11H10N2O3/c1-14-9-3-11-10(15-6-16-11)2-8(9)7-4-12-13-5-7/h2-5H,6H2,1H3,(H,12,13). The number of H-pyrrole nitrogens is 1. The molecule has 1 aromatic carbocycles. The smallest absolute Gasteiger partial charge is 0.231 e. The first-order valence-corrected chi connectivity index (χ1v) is 4.85. The Morgan fingerprint density at radius 3 is 2.81 bits per heavy atom. The Hall–Kier alpha value is -2.17. The highest BCUT2D eigenvalue weighted by molar-refractivity contribution is 5.73. The van der Waals surface area contributed by atoms with Gasteiger partial charge in [-0.2, -0.15) is 5.10 Å². The second-order valence-corrected chi connectivity index (χ2v) is 3.39. The summed E-state index contributed by atoms with van der Waals surface area (Å²) < 4.78 is 15.9. The number of nitrogens with zero attached hydrogens (tertiary/aromatic N) is 1. The zero-order valence-electron chi connectivity index (χ0n) is 8.69. The fraction of sp³-hybridized carbons (Fsp3) is 0.182. The van der Waals surface area contributed by atoms with Gasteiger partial charge in [0.05, 0.1) is 13.3 Å². The maximum atomic E-state index is 5.33. The van der Waals surface area contributed by atoms with Crippen molar-refractivity contribution >= 4 is 0 Å². The van der Waals surface area contributed by atoms with Gasteiger partial charge in [0, 0.05) is 23.4 Å². The molecule has 5 heteroatoms. The zero-order chi connectivity index (χ0) is 11.0. The third-order valence-corrected chi connectivity index (χ3v) is 2.50. The van der Waals surface area contributed by atoms with Gasteiger partial charge in [0.25, 0.3) is 0 Å². The van der Waals surface area contributed by atoms with E-state index in [0.717, 1.165) is 22.6 Å². The Kier molecular flexibility index (Phi) is 1.96. The van der Waals surface area contributed by atoms with Crippen molar-refractivity contribution in [3.63, 3.8) is 0 Å². The van der Waals surface area contributed by atoms with Crippen molar-refractivity contribution in [2.45, 2.75) is 0 Å². The zero-order valence-corrected chi connectivity index (χ0v) is 8.69. The monoisotopic (exact) mass is 218 g/mol. The van der Waals surface area contributed by atoms with E-state index < -0.39 is 0 Å². The second kappa shape index (κ2) is 3.44. The third-order valence-electron chi connectivity index (χ3n) is 2.50. The lowest BCUT2D eigenvalue weighted by Crippen LogP contribution is -1.92. The van der Waals surface area contributed by atoms with Crippen LogP contribution in [0, 0.1) is 0 Å². The van der Waals surface area contributed by atoms with Crippen molar-refractivity contribution < 1.29 is 14.2 Å². The molecule has 3 rings (SSSR count). The van der Waals surface area contributed by atoms with Crippen LogP contribution in [0.5, 0.6) is 17.2 Å². The number of hydrogen-bond acceptors (Lipinski definition) is 4. The molecular weight excluding hydrogens is 208 g/mol. The van der Waals surface area contributed by atoms with Gasteiger partial charge in [-0.25, -0.2) is 0 Å². The molecule has 82 valence electrons. The SMILES string of the molecule is COc1cc2c(cc1-c1cn[nH]c1)OCO2. The highest BCUT2D eigenvalue weighted by Crippen LogP contribution is 2.42. The number of methoxy groups -OCH3 is 1. The molecule has 1 aliphatic heterocycles. The van der Waals surface area contributed by atoms with Crippen LogP contribution >= 0.6 is 0 Å². The van der Waals surface area contributed by atoms with Crippen molar-refractivity contribution in [1.29, 1.82) is 0 Å². The highest BCUT2D eigenvalue weighted by atomic mass is 16.7. The van der Waals surface area contributed by atoms with E-state index in [9.17, 15) is 0 Å². The predicted molar refractivity (Wildman–Crippen MR) is 56.7 cm³/mol. The van der Waals surface area contributed by atoms with Crippen LogP contribution in [-0.2, 0) is 0 Å². The van der Waals surface area contributed by atoms with Crippen LogP contribution in [0.2, 0.25) is 0 Å². The number of aromatic nitrogens is 2. The van der Waals surface area contributed by atoms with Gasteiger partial charge >= 0.3 is 0 Å². The van der Waals surface area contributed by atoms with E-state index in [-0.39, 0.29) is 6.79 Å². The summed E-state index contributed by atoms with van der Waals surface area (Å²) in [6.45, 7) is 0.257. The van der Waals surface area contributed by atoms with Crippen molar-refractivity contribution in [3.05, 3.63) is 24.5 Å². The van der Waals surface area contributed by atoms with E-state index in [2.05, 4.69) is 10.2 Å². The maximum absolute atomic E-state index is 5.33. The summed E-state index contributed by atoms with van der Waals surface area (Å²) in [7, 11) is 1.63. The highest BCUT2D eigenvalue weighted by Gasteiger charge is 2.18. The molecule has 2 heterocycles. The summed E-state index contributed by atoms with van der Waals surface area (Å²) in [6, 6.07) is 3.72. The lowest BCUT2D eigenvalue weighted by atomic mass is 10.1. The second-order valence-electron chi connectivity index (χ2n) is 3.39. The van der Waals surface area contributed by atoms with Crippen LogP contribution in [0.4, 0.5) is 0 Å². The number of hydrogen-bond donors (Lipinski definition) is 1. The van der Waals surface area contributed by atoms with Gasteiger partial charge in [-0.15, -0.1) is 0 Å². The minimum atomic E-state index is 0.257. The molecule has 0 saturated carbocycles. The molecule has 0 spiro atoms. The van der Waals surface area contributed by atoms with Crippen LogP contribution < -0.4 is 14.2 Å². The average Bonchev–Trinajstić information content (AvgIpc) is 2.97. The Morgan fingerprint density at radius 1 is 1.31 bits per heavy atom. The van der Waals surface area contributed by atoms with Crippen molar-refractivity contribution in [1.82, 2.24) is 10.2 Å². The lowest BCUT2D eigenvalue weighted by Gasteiger charge is -2.07. The molecule has 1 aliphatic rings. The molecular formula is C11H10N2O3. The molecule has 0 bridgehead atoms. The number of aromatic amines is 1. The van der Waals surface area contributed by atoms with E-state index in [1.807, 2.05) is 12.1 Å². The maximum Gasteiger partial charge on any atom is 0.231 e. The molecule has 0 unspecified atom stereocenters. The number of fused-ring (bicyclic) bond motifs is 1. The predicted octanol–water partition coefficient (Wildman–Crippen LogP) is 1.81. The summed E-state index contributed by atoms with van der Waals surface area (Å²) in [6.07, 6.45) is 3.54. The van der Waals surface area contributed by atoms with Crippen molar-refractivity contribution in [3.8, 4) is 28.4 Å². The number of rotatable bonds is 2. The largest absolute Gasteiger partial charge is 0.496 e. The van der Waals surface area contributed by atoms with Crippen LogP contribution in [0.3, 0.4) is 0 Å². The van der Waals surface area contributed by atoms with Crippen LogP contribution in [-0.4, -0.2) is 24.1 Å². The summed E-state index contributed by atoms with van der Waals surface area (Å²) >= 11 is 0. The van der Waals surface area contributed by atoms with Gasteiger partial charge in [0.15, 0.2) is 11.5 Å².